The van der Waals surface area contributed by atoms with Crippen LogP contribution in [0.25, 0.3) is 0 Å². The molecule has 0 spiro atoms. The predicted molar refractivity (Wildman–Crippen MR) is 466 cm³/mol. The summed E-state index contributed by atoms with van der Waals surface area (Å²) in [4.78, 5) is 0. The van der Waals surface area contributed by atoms with Crippen LogP contribution in [0.5, 0.6) is 0 Å². The van der Waals surface area contributed by atoms with Crippen molar-refractivity contribution in [2.45, 2.75) is 379 Å². The van der Waals surface area contributed by atoms with E-state index in [9.17, 15) is 81.7 Å². The van der Waals surface area contributed by atoms with Gasteiger partial charge < -0.3 is 195 Å². The quantitative estimate of drug-likeness (QED) is 0.0169. The number of nitrogens with zero attached hydrogens (tertiary/aromatic N) is 24. The van der Waals surface area contributed by atoms with Gasteiger partial charge in [-0.1, -0.05) is 41.7 Å². The Kier molecular flexibility index (Phi) is 32.0. The SMILES string of the molecule is CC1(C)O[C@@H]2[C@H](O1)[C@@H](Cn1cc(COC[C@H]3OC(O)[C@H](O)[C@@H](O)[C@H]3O)nn1)O[C@H]2n1cc(COCC(COCc2cn([C@@H]3O[C@H](Cn4cc(COC[C@H]5OC(O)[C@H](O)[C@@H](O)[C@H]5O)nn4)[C@H]4OC(C)(C)O[C@H]43)nn2)(COCc2cn([C@@H]3O[C@H](Cn4cc(COC[C@H]5OC(O)[C@H](O)[C@@H](O)[C@H]5O)nn4)[C@H]4OC(C)(C)O[C@H]43)nn2)COCc2cn([C@@H]3O[C@H](Cn4cc(COC[C@H]5OC(O)[C@H](O)[C@@H](O)[C@H]5O)nn4)[C@H]4OC(C)(C)O[C@H]43)nn2)nn1. The van der Waals surface area contributed by atoms with Gasteiger partial charge in [0.25, 0.3) is 0 Å². The van der Waals surface area contributed by atoms with Crippen molar-refractivity contribution in [1.82, 2.24) is 120 Å². The van der Waals surface area contributed by atoms with Gasteiger partial charge in [0.15, 0.2) is 73.2 Å². The van der Waals surface area contributed by atoms with Gasteiger partial charge in [-0.25, -0.2) is 37.5 Å². The highest BCUT2D eigenvalue weighted by Crippen LogP contribution is 2.49. The van der Waals surface area contributed by atoms with E-state index in [1.54, 1.807) is 105 Å². The lowest BCUT2D eigenvalue weighted by molar-refractivity contribution is -0.289. The molecule has 824 valence electrons. The number of ether oxygens (including phenoxy) is 24. The minimum absolute atomic E-state index is 0.112. The van der Waals surface area contributed by atoms with E-state index in [1.165, 1.54) is 37.5 Å². The first-order chi connectivity index (χ1) is 71.2. The molecule has 12 aliphatic rings. The molecule has 64 heteroatoms. The fourth-order valence-corrected chi connectivity index (χ4v) is 19.9. The Hall–Kier alpha value is -8.48. The second-order valence-corrected chi connectivity index (χ2v) is 40.7. The first-order valence-electron chi connectivity index (χ1n) is 48.5. The Morgan fingerprint density at radius 3 is 0.631 bits per heavy atom. The summed E-state index contributed by atoms with van der Waals surface area (Å²) in [5.74, 6) is -4.31. The molecule has 12 saturated heterocycles. The van der Waals surface area contributed by atoms with Crippen molar-refractivity contribution in [1.29, 1.82) is 0 Å². The molecule has 12 fully saturated rings. The monoisotopic (exact) mass is 2120 g/mol. The van der Waals surface area contributed by atoms with E-state index in [-0.39, 0.29) is 132 Å². The topological polar surface area (TPSA) is 791 Å². The van der Waals surface area contributed by atoms with Gasteiger partial charge in [0.05, 0.1) is 187 Å². The minimum Gasteiger partial charge on any atom is -0.387 e. The molecule has 0 aromatic carbocycles. The van der Waals surface area contributed by atoms with Crippen molar-refractivity contribution in [3.63, 3.8) is 0 Å². The summed E-state index contributed by atoms with van der Waals surface area (Å²) in [6, 6.07) is 0. The summed E-state index contributed by atoms with van der Waals surface area (Å²) in [6.45, 7) is 11.6. The van der Waals surface area contributed by atoms with Gasteiger partial charge in [-0.05, 0) is 55.4 Å². The fourth-order valence-electron chi connectivity index (χ4n) is 19.9. The molecular weight excluding hydrogens is 2000 g/mol. The average molecular weight is 2120 g/mol. The third-order valence-electron chi connectivity index (χ3n) is 27.1. The summed E-state index contributed by atoms with van der Waals surface area (Å²) in [5, 5.41) is 233. The molecule has 64 nitrogen and oxygen atoms in total. The third-order valence-corrected chi connectivity index (χ3v) is 27.1. The highest BCUT2D eigenvalue weighted by molar-refractivity contribution is 5.08. The molecule has 16 N–H and O–H groups in total. The maximum Gasteiger partial charge on any atom is 0.184 e. The zero-order chi connectivity index (χ0) is 105. The van der Waals surface area contributed by atoms with Gasteiger partial charge in [0.2, 0.25) is 0 Å². The third kappa shape index (κ3) is 24.0. The number of rotatable bonds is 44. The fraction of sp³-hybridized carbons (Fsp3) is 0.812. The summed E-state index contributed by atoms with van der Waals surface area (Å²) in [7, 11) is 0. The molecule has 8 aromatic heterocycles. The highest BCUT2D eigenvalue weighted by Gasteiger charge is 2.62. The van der Waals surface area contributed by atoms with E-state index in [1.807, 2.05) is 0 Å². The maximum absolute atomic E-state index is 10.5. The van der Waals surface area contributed by atoms with Crippen LogP contribution in [0.2, 0.25) is 0 Å². The van der Waals surface area contributed by atoms with Crippen LogP contribution in [0.4, 0.5) is 0 Å². The van der Waals surface area contributed by atoms with Crippen LogP contribution in [0.3, 0.4) is 0 Å². The Morgan fingerprint density at radius 1 is 0.228 bits per heavy atom. The maximum atomic E-state index is 10.5. The van der Waals surface area contributed by atoms with E-state index in [2.05, 4.69) is 82.5 Å². The second kappa shape index (κ2) is 44.4. The first kappa shape index (κ1) is 107. The molecule has 149 heavy (non-hydrogen) atoms. The summed E-state index contributed by atoms with van der Waals surface area (Å²) in [5.41, 5.74) is 1.53. The standard InChI is InChI=1S/C85H124N24O40/c1-81(2)142-65-45(17-102-9-37(86-94-102)21-126-29-49-53(110)57(114)61(118)77(122)138-49)134-73(69(65)146-81)106-13-41(90-98-106)25-130-33-85(34-131-26-42-14-107(99-91-42)74-70-66(143-82(3,4)147-70)46(135-74)18-103-10-38(87-95-103)22-127-30-50-54(111)58(115)62(119)78(123)139-50,35-132-27-43-15-108(100-92-43)75-71-67(144-83(5,6)148-71)47(136-75)19-104-11-39(88-96-104)23-128-31-51-55(112)59(116)63(120)79(124)140-51)36-133-28-44-16-109(101-93-44)76-72-68(145-84(7,8)149-72)48(137-76)20-105-12-40(89-97-105)24-129-32-52-56(113)60(117)64(121)80(125)141-52/h9-16,45-80,110-125H,17-36H2,1-8H3/t45-,46-,47-,48-,49-,50-,51-,52-,53+,54+,55+,56+,57+,58+,59+,60+,61-,62-,63-,64-,65-,66-,67-,68-,69-,70-,71-,72-,73-,74-,75-,76-,77?,78?,79?,80?,85?/m1/s1. The largest absolute Gasteiger partial charge is 0.387 e. The normalized spacial score (nSPS) is 37.9. The zero-order valence-electron chi connectivity index (χ0n) is 81.7. The molecule has 12 aliphatic heterocycles. The Morgan fingerprint density at radius 2 is 0.416 bits per heavy atom. The van der Waals surface area contributed by atoms with Gasteiger partial charge >= 0.3 is 0 Å². The second-order valence-electron chi connectivity index (χ2n) is 40.7. The van der Waals surface area contributed by atoms with Gasteiger partial charge in [-0.2, -0.15) is 0 Å². The molecule has 0 amide bonds. The predicted octanol–water partition coefficient (Wildman–Crippen LogP) is -10.7. The summed E-state index contributed by atoms with van der Waals surface area (Å²) in [6.07, 6.45) is -30.3. The van der Waals surface area contributed by atoms with E-state index in [0.717, 1.165) is 0 Å². The van der Waals surface area contributed by atoms with Crippen LogP contribution in [0.1, 0.15) is 126 Å². The van der Waals surface area contributed by atoms with Crippen molar-refractivity contribution in [3.8, 4) is 0 Å². The van der Waals surface area contributed by atoms with E-state index in [4.69, 9.17) is 114 Å². The lowest BCUT2D eigenvalue weighted by atomic mass is 9.92. The summed E-state index contributed by atoms with van der Waals surface area (Å²) < 4.78 is 162. The van der Waals surface area contributed by atoms with E-state index in [0.29, 0.717) is 45.6 Å². The van der Waals surface area contributed by atoms with Crippen molar-refractivity contribution in [2.24, 2.45) is 5.41 Å². The molecule has 36 atom stereocenters. The van der Waals surface area contributed by atoms with E-state index < -0.39 is 250 Å². The Balaban J connectivity index is 0.542. The molecule has 0 saturated carbocycles. The molecule has 20 heterocycles. The molecule has 0 bridgehead atoms. The molecule has 8 aromatic rings. The molecule has 20 rings (SSSR count). The lowest BCUT2D eigenvalue weighted by Gasteiger charge is -2.38. The van der Waals surface area contributed by atoms with Crippen LogP contribution in [0.15, 0.2) is 49.6 Å². The number of aliphatic hydroxyl groups excluding tert-OH is 16. The number of hydrogen-bond acceptors (Lipinski definition) is 56. The van der Waals surface area contributed by atoms with Gasteiger partial charge in [0, 0.05) is 0 Å². The van der Waals surface area contributed by atoms with Gasteiger partial charge in [-0.3, -0.25) is 0 Å². The number of aromatic nitrogens is 24. The number of hydrogen-bond donors (Lipinski definition) is 16. The number of aliphatic hydroxyl groups is 16. The van der Waals surface area contributed by atoms with Crippen LogP contribution >= 0.6 is 0 Å². The molecule has 0 aliphatic carbocycles. The van der Waals surface area contributed by atoms with Crippen LogP contribution in [-0.2, 0) is 193 Å². The molecule has 4 unspecified atom stereocenters. The van der Waals surface area contributed by atoms with Crippen molar-refractivity contribution in [3.05, 3.63) is 95.1 Å². The molecular formula is C85H124N24O40. The summed E-state index contributed by atoms with van der Waals surface area (Å²) >= 11 is 0. The van der Waals surface area contributed by atoms with Crippen molar-refractivity contribution >= 4 is 0 Å². The zero-order valence-corrected chi connectivity index (χ0v) is 81.7. The minimum atomic E-state index is -1.75. The van der Waals surface area contributed by atoms with Crippen molar-refractivity contribution < 1.29 is 195 Å². The van der Waals surface area contributed by atoms with Crippen LogP contribution in [0, 0.1) is 5.41 Å². The van der Waals surface area contributed by atoms with Gasteiger partial charge in [0.1, 0.15) is 216 Å². The Labute approximate surface area is 844 Å². The smallest absolute Gasteiger partial charge is 0.184 e. The van der Waals surface area contributed by atoms with Crippen molar-refractivity contribution in [2.75, 3.05) is 52.9 Å². The lowest BCUT2D eigenvalue weighted by Crippen LogP contribution is -2.58. The molecule has 0 radical (unpaired) electrons. The van der Waals surface area contributed by atoms with Crippen LogP contribution < -0.4 is 0 Å². The van der Waals surface area contributed by atoms with Gasteiger partial charge in [-0.15, -0.1) is 40.8 Å². The Bertz CT molecular complexity index is 5030. The first-order valence-corrected chi connectivity index (χ1v) is 48.5. The van der Waals surface area contributed by atoms with E-state index >= 15 is 0 Å². The van der Waals surface area contributed by atoms with Crippen LogP contribution in [-0.4, -0.2) is 474 Å². The number of fused-ring (bicyclic) bond motifs is 4. The highest BCUT2D eigenvalue weighted by atomic mass is 16.8. The average Bonchev–Trinajstić information content (AvgIpc) is 1.62.